The Hall–Kier alpha value is -1.42. The van der Waals surface area contributed by atoms with Gasteiger partial charge in [-0.1, -0.05) is 6.07 Å². The third-order valence-corrected chi connectivity index (χ3v) is 2.56. The number of hydrogen-bond acceptors (Lipinski definition) is 3. The third kappa shape index (κ3) is 3.31. The van der Waals surface area contributed by atoms with Crippen LogP contribution < -0.4 is 5.32 Å². The maximum Gasteiger partial charge on any atom is 0.310 e. The molecule has 1 aromatic heterocycles. The van der Waals surface area contributed by atoms with E-state index in [0.717, 1.165) is 11.3 Å². The number of aromatic nitrogens is 1. The van der Waals surface area contributed by atoms with Gasteiger partial charge in [-0.2, -0.15) is 0 Å². The molecule has 0 aromatic carbocycles. The van der Waals surface area contributed by atoms with Crippen molar-refractivity contribution in [3.8, 4) is 0 Å². The van der Waals surface area contributed by atoms with Gasteiger partial charge in [0.15, 0.2) is 0 Å². The minimum absolute atomic E-state index is 0.429. The van der Waals surface area contributed by atoms with Gasteiger partial charge < -0.3 is 10.4 Å². The molecule has 1 aromatic rings. The van der Waals surface area contributed by atoms with E-state index in [4.69, 9.17) is 5.11 Å². The van der Waals surface area contributed by atoms with Crippen molar-refractivity contribution in [3.05, 3.63) is 29.6 Å². The third-order valence-electron chi connectivity index (χ3n) is 2.56. The zero-order chi connectivity index (χ0) is 12.2. The number of rotatable bonds is 5. The summed E-state index contributed by atoms with van der Waals surface area (Å²) in [6.07, 6.45) is 1.74. The molecule has 0 aliphatic rings. The Kier molecular flexibility index (Phi) is 4.01. The number of aryl methyl sites for hydroxylation is 1. The summed E-state index contributed by atoms with van der Waals surface area (Å²) in [4.78, 5) is 15.1. The Bertz CT molecular complexity index is 375. The lowest BCUT2D eigenvalue weighted by Crippen LogP contribution is -2.35. The van der Waals surface area contributed by atoms with Crippen molar-refractivity contribution in [2.24, 2.45) is 5.41 Å². The molecule has 0 aliphatic heterocycles. The molecule has 4 heteroatoms. The molecular weight excluding hydrogens is 204 g/mol. The molecule has 0 unspecified atom stereocenters. The number of nitrogens with one attached hydrogen (secondary N) is 1. The SMILES string of the molecule is Cc1cccnc1CNCC(C)(C)C(=O)O. The van der Waals surface area contributed by atoms with Crippen molar-refractivity contribution in [2.45, 2.75) is 27.3 Å². The van der Waals surface area contributed by atoms with E-state index in [1.54, 1.807) is 20.0 Å². The van der Waals surface area contributed by atoms with E-state index in [-0.39, 0.29) is 0 Å². The molecule has 2 N–H and O–H groups in total. The first-order valence-corrected chi connectivity index (χ1v) is 5.28. The number of carbonyl (C=O) groups is 1. The molecule has 0 atom stereocenters. The Labute approximate surface area is 95.7 Å². The fourth-order valence-electron chi connectivity index (χ4n) is 1.27. The van der Waals surface area contributed by atoms with Crippen LogP contribution in [0.1, 0.15) is 25.1 Å². The summed E-state index contributed by atoms with van der Waals surface area (Å²) in [6.45, 7) is 6.43. The fourth-order valence-corrected chi connectivity index (χ4v) is 1.27. The number of carboxylic acids is 1. The van der Waals surface area contributed by atoms with Crippen molar-refractivity contribution < 1.29 is 9.90 Å². The lowest BCUT2D eigenvalue weighted by molar-refractivity contribution is -0.146. The number of hydrogen-bond donors (Lipinski definition) is 2. The monoisotopic (exact) mass is 222 g/mol. The maximum atomic E-state index is 10.9. The zero-order valence-electron chi connectivity index (χ0n) is 9.95. The van der Waals surface area contributed by atoms with Gasteiger partial charge in [0, 0.05) is 19.3 Å². The molecule has 1 rings (SSSR count). The van der Waals surface area contributed by atoms with Gasteiger partial charge in [0.05, 0.1) is 11.1 Å². The molecule has 1 heterocycles. The smallest absolute Gasteiger partial charge is 0.310 e. The standard InChI is InChI=1S/C12H18N2O2/c1-9-5-4-6-14-10(9)7-13-8-12(2,3)11(15)16/h4-6,13H,7-8H2,1-3H3,(H,15,16). The van der Waals surface area contributed by atoms with Crippen molar-refractivity contribution in [1.82, 2.24) is 10.3 Å². The highest BCUT2D eigenvalue weighted by Crippen LogP contribution is 2.13. The van der Waals surface area contributed by atoms with Gasteiger partial charge in [0.25, 0.3) is 0 Å². The summed E-state index contributed by atoms with van der Waals surface area (Å²) >= 11 is 0. The van der Waals surface area contributed by atoms with Gasteiger partial charge in [-0.05, 0) is 32.4 Å². The summed E-state index contributed by atoms with van der Waals surface area (Å²) in [6, 6.07) is 3.88. The van der Waals surface area contributed by atoms with Gasteiger partial charge in [0.1, 0.15) is 0 Å². The van der Waals surface area contributed by atoms with Gasteiger partial charge in [-0.3, -0.25) is 9.78 Å². The van der Waals surface area contributed by atoms with Crippen LogP contribution in [-0.2, 0) is 11.3 Å². The molecule has 0 amide bonds. The van der Waals surface area contributed by atoms with Crippen LogP contribution in [-0.4, -0.2) is 22.6 Å². The Morgan fingerprint density at radius 3 is 2.81 bits per heavy atom. The van der Waals surface area contributed by atoms with Crippen LogP contribution in [0, 0.1) is 12.3 Å². The molecule has 4 nitrogen and oxygen atoms in total. The first-order chi connectivity index (χ1) is 7.43. The van der Waals surface area contributed by atoms with E-state index < -0.39 is 11.4 Å². The predicted molar refractivity (Wildman–Crippen MR) is 62.1 cm³/mol. The van der Waals surface area contributed by atoms with Crippen molar-refractivity contribution in [1.29, 1.82) is 0 Å². The highest BCUT2D eigenvalue weighted by Gasteiger charge is 2.26. The van der Waals surface area contributed by atoms with E-state index in [1.165, 1.54) is 0 Å². The van der Waals surface area contributed by atoms with E-state index in [1.807, 2.05) is 19.1 Å². The minimum Gasteiger partial charge on any atom is -0.481 e. The second kappa shape index (κ2) is 5.07. The van der Waals surface area contributed by atoms with Crippen LogP contribution in [0.25, 0.3) is 0 Å². The van der Waals surface area contributed by atoms with Crippen molar-refractivity contribution >= 4 is 5.97 Å². The summed E-state index contributed by atoms with van der Waals surface area (Å²) in [5, 5.41) is 12.1. The number of pyridine rings is 1. The Morgan fingerprint density at radius 1 is 1.56 bits per heavy atom. The molecule has 0 spiro atoms. The van der Waals surface area contributed by atoms with Gasteiger partial charge >= 0.3 is 5.97 Å². The normalized spacial score (nSPS) is 11.4. The van der Waals surface area contributed by atoms with Crippen LogP contribution in [0.2, 0.25) is 0 Å². The van der Waals surface area contributed by atoms with Crippen LogP contribution in [0.15, 0.2) is 18.3 Å². The first-order valence-electron chi connectivity index (χ1n) is 5.28. The molecule has 0 radical (unpaired) electrons. The summed E-state index contributed by atoms with van der Waals surface area (Å²) in [5.41, 5.74) is 1.33. The van der Waals surface area contributed by atoms with E-state index in [9.17, 15) is 4.79 Å². The molecular formula is C12H18N2O2. The minimum atomic E-state index is -0.794. The second-order valence-corrected chi connectivity index (χ2v) is 4.56. The number of carboxylic acid groups (broad SMARTS) is 1. The van der Waals surface area contributed by atoms with E-state index in [2.05, 4.69) is 10.3 Å². The lowest BCUT2D eigenvalue weighted by Gasteiger charge is -2.19. The van der Waals surface area contributed by atoms with Gasteiger partial charge in [-0.15, -0.1) is 0 Å². The summed E-state index contributed by atoms with van der Waals surface area (Å²) in [5.74, 6) is -0.794. The van der Waals surface area contributed by atoms with Crippen LogP contribution in [0.3, 0.4) is 0 Å². The fraction of sp³-hybridized carbons (Fsp3) is 0.500. The number of nitrogens with zero attached hydrogens (tertiary/aromatic N) is 1. The predicted octanol–water partition coefficient (Wildman–Crippen LogP) is 1.59. The molecule has 0 fully saturated rings. The van der Waals surface area contributed by atoms with Crippen molar-refractivity contribution in [2.75, 3.05) is 6.54 Å². The molecule has 16 heavy (non-hydrogen) atoms. The zero-order valence-corrected chi connectivity index (χ0v) is 9.95. The average molecular weight is 222 g/mol. The average Bonchev–Trinajstić information content (AvgIpc) is 2.20. The van der Waals surface area contributed by atoms with Crippen molar-refractivity contribution in [3.63, 3.8) is 0 Å². The summed E-state index contributed by atoms with van der Waals surface area (Å²) < 4.78 is 0. The quantitative estimate of drug-likeness (QED) is 0.794. The number of aliphatic carboxylic acids is 1. The molecule has 0 saturated heterocycles. The second-order valence-electron chi connectivity index (χ2n) is 4.56. The van der Waals surface area contributed by atoms with Gasteiger partial charge in [0.2, 0.25) is 0 Å². The Balaban J connectivity index is 2.48. The van der Waals surface area contributed by atoms with Crippen LogP contribution in [0.5, 0.6) is 0 Å². The molecule has 0 bridgehead atoms. The topological polar surface area (TPSA) is 62.2 Å². The van der Waals surface area contributed by atoms with E-state index in [0.29, 0.717) is 13.1 Å². The van der Waals surface area contributed by atoms with Gasteiger partial charge in [-0.25, -0.2) is 0 Å². The maximum absolute atomic E-state index is 10.9. The lowest BCUT2D eigenvalue weighted by atomic mass is 9.94. The van der Waals surface area contributed by atoms with E-state index >= 15 is 0 Å². The first kappa shape index (κ1) is 12.6. The molecule has 0 aliphatic carbocycles. The summed E-state index contributed by atoms with van der Waals surface area (Å²) in [7, 11) is 0. The highest BCUT2D eigenvalue weighted by molar-refractivity contribution is 5.73. The van der Waals surface area contributed by atoms with Crippen LogP contribution >= 0.6 is 0 Å². The molecule has 0 saturated carbocycles. The Morgan fingerprint density at radius 2 is 2.25 bits per heavy atom. The molecule has 88 valence electrons. The van der Waals surface area contributed by atoms with Crippen LogP contribution in [0.4, 0.5) is 0 Å². The highest BCUT2D eigenvalue weighted by atomic mass is 16.4. The largest absolute Gasteiger partial charge is 0.481 e.